The molecule has 3 aromatic carbocycles. The van der Waals surface area contributed by atoms with Gasteiger partial charge in [-0.2, -0.15) is 0 Å². The van der Waals surface area contributed by atoms with Crippen molar-refractivity contribution in [3.63, 3.8) is 0 Å². The number of rotatable bonds is 9. The average Bonchev–Trinajstić information content (AvgIpc) is 2.73. The van der Waals surface area contributed by atoms with Crippen LogP contribution in [0.15, 0.2) is 65.6 Å². The second-order valence-corrected chi connectivity index (χ2v) is 10.2. The summed E-state index contributed by atoms with van der Waals surface area (Å²) in [6.07, 6.45) is 0. The molecule has 0 aliphatic carbocycles. The van der Waals surface area contributed by atoms with Gasteiger partial charge in [0.1, 0.15) is 0 Å². The number of sulfonamides is 1. The van der Waals surface area contributed by atoms with Crippen molar-refractivity contribution < 1.29 is 22.6 Å². The van der Waals surface area contributed by atoms with Crippen molar-refractivity contribution in [3.8, 4) is 0 Å². The van der Waals surface area contributed by atoms with Gasteiger partial charge in [-0.3, -0.25) is 0 Å². The molecule has 6 nitrogen and oxygen atoms in total. The zero-order chi connectivity index (χ0) is 22.6. The molecule has 0 radical (unpaired) electrons. The number of benzene rings is 3. The lowest BCUT2D eigenvalue weighted by molar-refractivity contribution is 0.109. The van der Waals surface area contributed by atoms with Gasteiger partial charge in [-0.25, -0.2) is 12.7 Å². The molecule has 0 bridgehead atoms. The second kappa shape index (κ2) is 10.1. The first-order valence-corrected chi connectivity index (χ1v) is 12.8. The zero-order valence-electron chi connectivity index (χ0n) is 18.1. The predicted molar refractivity (Wildman–Crippen MR) is 126 cm³/mol. The van der Waals surface area contributed by atoms with Gasteiger partial charge in [-0.1, -0.05) is 42.5 Å². The molecule has 3 aromatic rings. The summed E-state index contributed by atoms with van der Waals surface area (Å²) in [6.45, 7) is 7.66. The first-order valence-electron chi connectivity index (χ1n) is 10.1. The highest BCUT2D eigenvalue weighted by Crippen LogP contribution is 2.46. The quantitative estimate of drug-likeness (QED) is 0.345. The Morgan fingerprint density at radius 2 is 1.61 bits per heavy atom. The summed E-state index contributed by atoms with van der Waals surface area (Å²) in [5.41, 5.74) is 2.10. The average molecular weight is 462 g/mol. The first-order chi connectivity index (χ1) is 14.8. The molecule has 1 N–H and O–H groups in total. The topological polar surface area (TPSA) is 76.1 Å². The molecule has 166 valence electrons. The molecule has 3 rings (SSSR count). The highest BCUT2D eigenvalue weighted by atomic mass is 32.2. The SMILES string of the molecule is CCOC(N(c1cccc2ccccc12)S(=O)(=O)c1cc(C)cc(C)c1)P(O)OCC. The predicted octanol–water partition coefficient (Wildman–Crippen LogP) is 5.31. The fraction of sp³-hybridized carbons (Fsp3) is 0.304. The van der Waals surface area contributed by atoms with Gasteiger partial charge in [0.05, 0.1) is 17.2 Å². The van der Waals surface area contributed by atoms with Gasteiger partial charge in [0.25, 0.3) is 10.0 Å². The van der Waals surface area contributed by atoms with Gasteiger partial charge >= 0.3 is 0 Å². The van der Waals surface area contributed by atoms with Crippen molar-refractivity contribution in [2.24, 2.45) is 0 Å². The molecular weight excluding hydrogens is 433 g/mol. The number of hydrogen-bond donors (Lipinski definition) is 1. The van der Waals surface area contributed by atoms with Gasteiger partial charge in [0, 0.05) is 12.0 Å². The zero-order valence-corrected chi connectivity index (χ0v) is 19.9. The van der Waals surface area contributed by atoms with E-state index in [9.17, 15) is 13.3 Å². The molecule has 2 atom stereocenters. The maximum absolute atomic E-state index is 14.0. The molecule has 8 heteroatoms. The number of ether oxygens (including phenoxy) is 1. The van der Waals surface area contributed by atoms with E-state index < -0.39 is 24.4 Å². The van der Waals surface area contributed by atoms with Crippen LogP contribution in [0.5, 0.6) is 0 Å². The lowest BCUT2D eigenvalue weighted by atomic mass is 10.1. The summed E-state index contributed by atoms with van der Waals surface area (Å²) in [5, 5.41) is 1.62. The Hall–Kier alpha value is -2.02. The smallest absolute Gasteiger partial charge is 0.266 e. The minimum absolute atomic E-state index is 0.141. The van der Waals surface area contributed by atoms with E-state index in [2.05, 4.69) is 0 Å². The van der Waals surface area contributed by atoms with Crippen LogP contribution >= 0.6 is 8.38 Å². The molecule has 0 aromatic heterocycles. The Morgan fingerprint density at radius 3 is 2.26 bits per heavy atom. The molecule has 31 heavy (non-hydrogen) atoms. The third-order valence-electron chi connectivity index (χ3n) is 4.72. The summed E-state index contributed by atoms with van der Waals surface area (Å²) in [7, 11) is -6.30. The summed E-state index contributed by atoms with van der Waals surface area (Å²) in [6, 6.07) is 18.1. The van der Waals surface area contributed by atoms with Crippen LogP contribution in [-0.4, -0.2) is 32.5 Å². The van der Waals surface area contributed by atoms with E-state index in [-0.39, 0.29) is 18.1 Å². The molecule has 0 heterocycles. The van der Waals surface area contributed by atoms with E-state index in [1.807, 2.05) is 50.2 Å². The van der Waals surface area contributed by atoms with Gasteiger partial charge < -0.3 is 14.2 Å². The van der Waals surface area contributed by atoms with E-state index in [1.54, 1.807) is 38.1 Å². The fourth-order valence-corrected chi connectivity index (χ4v) is 6.73. The maximum atomic E-state index is 14.0. The number of nitrogens with zero attached hydrogens (tertiary/aromatic N) is 1. The Balaban J connectivity index is 2.30. The fourth-order valence-electron chi connectivity index (χ4n) is 3.53. The Morgan fingerprint density at radius 1 is 0.968 bits per heavy atom. The standard InChI is InChI=1S/C23H28NO5PS/c1-5-28-23(30(25)29-6-2)24(22-13-9-11-19-10-7-8-12-21(19)22)31(26,27)20-15-17(3)14-18(4)16-20/h7-16,23,25H,5-6H2,1-4H3. The van der Waals surface area contributed by atoms with Crippen LogP contribution < -0.4 is 4.31 Å². The molecular formula is C23H28NO5PS. The highest BCUT2D eigenvalue weighted by Gasteiger charge is 2.39. The van der Waals surface area contributed by atoms with Crippen molar-refractivity contribution in [1.29, 1.82) is 0 Å². The van der Waals surface area contributed by atoms with Crippen molar-refractivity contribution in [2.75, 3.05) is 17.5 Å². The Kier molecular flexibility index (Phi) is 7.68. The van der Waals surface area contributed by atoms with Crippen molar-refractivity contribution >= 4 is 34.9 Å². The van der Waals surface area contributed by atoms with Crippen LogP contribution in [0.25, 0.3) is 10.8 Å². The minimum Gasteiger partial charge on any atom is -0.349 e. The summed E-state index contributed by atoms with van der Waals surface area (Å²) in [4.78, 5) is 10.9. The van der Waals surface area contributed by atoms with E-state index in [1.165, 1.54) is 4.31 Å². The maximum Gasteiger partial charge on any atom is 0.266 e. The van der Waals surface area contributed by atoms with Gasteiger partial charge in [0.15, 0.2) is 0 Å². The summed E-state index contributed by atoms with van der Waals surface area (Å²) in [5.74, 6) is -1.20. The van der Waals surface area contributed by atoms with Gasteiger partial charge in [-0.05, 0) is 62.4 Å². The van der Waals surface area contributed by atoms with Gasteiger partial charge in [-0.15, -0.1) is 0 Å². The molecule has 0 amide bonds. The van der Waals surface area contributed by atoms with Crippen LogP contribution in [-0.2, 0) is 19.3 Å². The van der Waals surface area contributed by atoms with E-state index in [0.717, 1.165) is 21.9 Å². The summed E-state index contributed by atoms with van der Waals surface area (Å²) >= 11 is 0. The van der Waals surface area contributed by atoms with Crippen LogP contribution in [0.2, 0.25) is 0 Å². The highest BCUT2D eigenvalue weighted by molar-refractivity contribution is 7.93. The molecule has 0 aliphatic heterocycles. The number of hydrogen-bond acceptors (Lipinski definition) is 5. The molecule has 0 spiro atoms. The van der Waals surface area contributed by atoms with Crippen LogP contribution in [0.4, 0.5) is 5.69 Å². The van der Waals surface area contributed by atoms with E-state index in [0.29, 0.717) is 5.69 Å². The van der Waals surface area contributed by atoms with Crippen LogP contribution in [0, 0.1) is 13.8 Å². The van der Waals surface area contributed by atoms with Crippen molar-refractivity contribution in [1.82, 2.24) is 0 Å². The summed E-state index contributed by atoms with van der Waals surface area (Å²) < 4.78 is 40.4. The first kappa shape index (κ1) is 23.6. The minimum atomic E-state index is -4.09. The largest absolute Gasteiger partial charge is 0.349 e. The monoisotopic (exact) mass is 461 g/mol. The molecule has 0 saturated heterocycles. The van der Waals surface area contributed by atoms with E-state index in [4.69, 9.17) is 9.26 Å². The van der Waals surface area contributed by atoms with Crippen molar-refractivity contribution in [2.45, 2.75) is 38.6 Å². The van der Waals surface area contributed by atoms with Gasteiger partial charge in [0.2, 0.25) is 14.3 Å². The molecule has 0 fully saturated rings. The number of fused-ring (bicyclic) bond motifs is 1. The second-order valence-electron chi connectivity index (χ2n) is 7.12. The molecule has 2 unspecified atom stereocenters. The Bertz CT molecular complexity index is 1130. The van der Waals surface area contributed by atoms with Crippen molar-refractivity contribution in [3.05, 3.63) is 71.8 Å². The molecule has 0 saturated carbocycles. The van der Waals surface area contributed by atoms with Crippen LogP contribution in [0.1, 0.15) is 25.0 Å². The third-order valence-corrected chi connectivity index (χ3v) is 7.90. The lowest BCUT2D eigenvalue weighted by Gasteiger charge is -2.34. The number of aryl methyl sites for hydroxylation is 2. The van der Waals surface area contributed by atoms with E-state index >= 15 is 0 Å². The van der Waals surface area contributed by atoms with Crippen LogP contribution in [0.3, 0.4) is 0 Å². The molecule has 0 aliphatic rings. The number of anilines is 1. The lowest BCUT2D eigenvalue weighted by Crippen LogP contribution is -2.41. The third kappa shape index (κ3) is 5.08. The Labute approximate surface area is 185 Å². The normalized spacial score (nSPS) is 13.8.